The molecule has 1 aliphatic rings. The van der Waals surface area contributed by atoms with E-state index in [0.717, 1.165) is 11.3 Å². The molecule has 1 aliphatic heterocycles. The number of aromatic nitrogens is 1. The van der Waals surface area contributed by atoms with Crippen LogP contribution in [0.4, 0.5) is 14.9 Å². The van der Waals surface area contributed by atoms with Crippen LogP contribution < -0.4 is 9.64 Å². The van der Waals surface area contributed by atoms with Gasteiger partial charge in [0.1, 0.15) is 29.0 Å². The molecule has 1 unspecified atom stereocenters. The van der Waals surface area contributed by atoms with Gasteiger partial charge in [0, 0.05) is 37.4 Å². The molecule has 8 nitrogen and oxygen atoms in total. The van der Waals surface area contributed by atoms with Crippen LogP contribution >= 0.6 is 0 Å². The van der Waals surface area contributed by atoms with E-state index in [1.165, 1.54) is 12.1 Å². The summed E-state index contributed by atoms with van der Waals surface area (Å²) in [4.78, 5) is 20.8. The number of piperazine rings is 1. The molecule has 4 rings (SSSR count). The molecule has 37 heavy (non-hydrogen) atoms. The van der Waals surface area contributed by atoms with Crippen molar-refractivity contribution >= 4 is 11.8 Å². The second-order valence-electron chi connectivity index (χ2n) is 9.87. The third kappa shape index (κ3) is 6.96. The molecule has 2 aromatic carbocycles. The van der Waals surface area contributed by atoms with Crippen molar-refractivity contribution in [3.8, 4) is 22.8 Å². The molecule has 2 N–H and O–H groups in total. The number of hydrogen-bond acceptors (Lipinski definition) is 7. The number of aliphatic hydroxyl groups is 2. The van der Waals surface area contributed by atoms with E-state index in [1.807, 2.05) is 39.0 Å². The molecular weight excluding hydrogens is 477 g/mol. The van der Waals surface area contributed by atoms with Crippen LogP contribution in [0.1, 0.15) is 32.6 Å². The summed E-state index contributed by atoms with van der Waals surface area (Å²) in [6.07, 6.45) is -1.45. The SMILES string of the molecule is CC(C)(C)OC(=O)N1CCN(c2cc(-c3ccc(Oc4ccc(F)cc4)cc3)nc(C(O)CO)c2)CC1. The van der Waals surface area contributed by atoms with Crippen molar-refractivity contribution in [3.05, 3.63) is 72.2 Å². The number of hydrogen-bond donors (Lipinski definition) is 2. The van der Waals surface area contributed by atoms with Gasteiger partial charge in [-0.3, -0.25) is 0 Å². The number of carbonyl (C=O) groups is 1. The van der Waals surface area contributed by atoms with Crippen molar-refractivity contribution < 1.29 is 28.9 Å². The van der Waals surface area contributed by atoms with E-state index in [9.17, 15) is 19.4 Å². The highest BCUT2D eigenvalue weighted by Crippen LogP contribution is 2.30. The van der Waals surface area contributed by atoms with Crippen LogP contribution in [0.5, 0.6) is 11.5 Å². The zero-order chi connectivity index (χ0) is 26.6. The summed E-state index contributed by atoms with van der Waals surface area (Å²) in [6, 6.07) is 16.7. The number of benzene rings is 2. The van der Waals surface area contributed by atoms with Gasteiger partial charge in [-0.05, 0) is 81.4 Å². The first-order chi connectivity index (χ1) is 17.6. The summed E-state index contributed by atoms with van der Waals surface area (Å²) in [7, 11) is 0. The summed E-state index contributed by atoms with van der Waals surface area (Å²) in [6.45, 7) is 7.25. The Kier molecular flexibility index (Phi) is 7.94. The van der Waals surface area contributed by atoms with E-state index in [-0.39, 0.29) is 11.9 Å². The van der Waals surface area contributed by atoms with Gasteiger partial charge in [-0.25, -0.2) is 14.2 Å². The number of nitrogens with zero attached hydrogens (tertiary/aromatic N) is 3. The zero-order valence-electron chi connectivity index (χ0n) is 21.2. The predicted octanol–water partition coefficient (Wildman–Crippen LogP) is 4.76. The number of ether oxygens (including phenoxy) is 2. The van der Waals surface area contributed by atoms with E-state index in [2.05, 4.69) is 9.88 Å². The van der Waals surface area contributed by atoms with E-state index < -0.39 is 18.3 Å². The number of anilines is 1. The number of carbonyl (C=O) groups excluding carboxylic acids is 1. The molecule has 0 bridgehead atoms. The first kappa shape index (κ1) is 26.4. The fraction of sp³-hybridized carbons (Fsp3) is 0.357. The van der Waals surface area contributed by atoms with E-state index in [1.54, 1.807) is 35.2 Å². The quantitative estimate of drug-likeness (QED) is 0.495. The normalized spacial score (nSPS) is 14.9. The van der Waals surface area contributed by atoms with Crippen molar-refractivity contribution in [1.29, 1.82) is 0 Å². The summed E-state index contributed by atoms with van der Waals surface area (Å²) >= 11 is 0. The topological polar surface area (TPSA) is 95.4 Å². The third-order valence-electron chi connectivity index (χ3n) is 5.84. The maximum atomic E-state index is 13.1. The summed E-state index contributed by atoms with van der Waals surface area (Å²) < 4.78 is 24.4. The third-order valence-corrected chi connectivity index (χ3v) is 5.84. The number of rotatable bonds is 6. The molecule has 3 aromatic rings. The highest BCUT2D eigenvalue weighted by molar-refractivity contribution is 5.69. The summed E-state index contributed by atoms with van der Waals surface area (Å²) in [5.41, 5.74) is 2.07. The molecule has 0 spiro atoms. The van der Waals surface area contributed by atoms with Gasteiger partial charge in [0.05, 0.1) is 18.0 Å². The highest BCUT2D eigenvalue weighted by Gasteiger charge is 2.26. The Morgan fingerprint density at radius 1 is 1.00 bits per heavy atom. The van der Waals surface area contributed by atoms with Crippen LogP contribution in [-0.4, -0.2) is 64.6 Å². The molecule has 196 valence electrons. The Labute approximate surface area is 215 Å². The Morgan fingerprint density at radius 2 is 1.59 bits per heavy atom. The molecule has 2 heterocycles. The molecule has 0 aliphatic carbocycles. The van der Waals surface area contributed by atoms with Crippen molar-refractivity contribution in [1.82, 2.24) is 9.88 Å². The van der Waals surface area contributed by atoms with Gasteiger partial charge >= 0.3 is 6.09 Å². The molecule has 1 saturated heterocycles. The number of halogens is 1. The lowest BCUT2D eigenvalue weighted by molar-refractivity contribution is 0.0240. The van der Waals surface area contributed by atoms with Gasteiger partial charge in [-0.1, -0.05) is 0 Å². The Morgan fingerprint density at radius 3 is 2.16 bits per heavy atom. The molecule has 1 amide bonds. The lowest BCUT2D eigenvalue weighted by Crippen LogP contribution is -2.50. The lowest BCUT2D eigenvalue weighted by atomic mass is 10.1. The number of aliphatic hydroxyl groups excluding tert-OH is 2. The maximum Gasteiger partial charge on any atom is 0.410 e. The van der Waals surface area contributed by atoms with Crippen molar-refractivity contribution in [2.75, 3.05) is 37.7 Å². The second-order valence-corrected chi connectivity index (χ2v) is 9.87. The smallest absolute Gasteiger partial charge is 0.410 e. The van der Waals surface area contributed by atoms with E-state index in [4.69, 9.17) is 9.47 Å². The first-order valence-electron chi connectivity index (χ1n) is 12.2. The number of pyridine rings is 1. The number of amides is 1. The van der Waals surface area contributed by atoms with Crippen LogP contribution in [0, 0.1) is 5.82 Å². The first-order valence-corrected chi connectivity index (χ1v) is 12.2. The van der Waals surface area contributed by atoms with Crippen LogP contribution in [0.2, 0.25) is 0 Å². The average Bonchev–Trinajstić information content (AvgIpc) is 2.89. The molecule has 9 heteroatoms. The van der Waals surface area contributed by atoms with Crippen LogP contribution in [-0.2, 0) is 4.74 Å². The van der Waals surface area contributed by atoms with Gasteiger partial charge in [-0.2, -0.15) is 0 Å². The zero-order valence-corrected chi connectivity index (χ0v) is 21.2. The lowest BCUT2D eigenvalue weighted by Gasteiger charge is -2.37. The Balaban J connectivity index is 1.52. The minimum Gasteiger partial charge on any atom is -0.457 e. The van der Waals surface area contributed by atoms with Gasteiger partial charge in [-0.15, -0.1) is 0 Å². The molecular formula is C28H32FN3O5. The van der Waals surface area contributed by atoms with Crippen molar-refractivity contribution in [2.45, 2.75) is 32.5 Å². The largest absolute Gasteiger partial charge is 0.457 e. The predicted molar refractivity (Wildman–Crippen MR) is 138 cm³/mol. The minimum atomic E-state index is -1.12. The fourth-order valence-corrected chi connectivity index (χ4v) is 3.94. The van der Waals surface area contributed by atoms with Crippen LogP contribution in [0.15, 0.2) is 60.7 Å². The van der Waals surface area contributed by atoms with Crippen molar-refractivity contribution in [3.63, 3.8) is 0 Å². The molecule has 1 atom stereocenters. The Bertz CT molecular complexity index is 1200. The molecule has 1 aromatic heterocycles. The highest BCUT2D eigenvalue weighted by atomic mass is 19.1. The van der Waals surface area contributed by atoms with Gasteiger partial charge in [0.25, 0.3) is 0 Å². The van der Waals surface area contributed by atoms with Crippen molar-refractivity contribution in [2.24, 2.45) is 0 Å². The van der Waals surface area contributed by atoms with E-state index in [0.29, 0.717) is 49.1 Å². The van der Waals surface area contributed by atoms with Crippen LogP contribution in [0.25, 0.3) is 11.3 Å². The molecule has 0 radical (unpaired) electrons. The summed E-state index contributed by atoms with van der Waals surface area (Å²) in [5, 5.41) is 19.9. The molecule has 1 fully saturated rings. The van der Waals surface area contributed by atoms with Crippen LogP contribution in [0.3, 0.4) is 0 Å². The average molecular weight is 510 g/mol. The Hall–Kier alpha value is -3.69. The van der Waals surface area contributed by atoms with E-state index >= 15 is 0 Å². The fourth-order valence-electron chi connectivity index (χ4n) is 3.94. The standard InChI is InChI=1S/C28H32FN3O5/c1-28(2,3)37-27(35)32-14-12-31(13-15-32)21-16-24(30-25(17-21)26(34)18-33)19-4-8-22(9-5-19)36-23-10-6-20(29)7-11-23/h4-11,16-17,26,33-34H,12-15,18H2,1-3H3. The molecule has 0 saturated carbocycles. The second kappa shape index (κ2) is 11.1. The minimum absolute atomic E-state index is 0.332. The van der Waals surface area contributed by atoms with Gasteiger partial charge in [0.15, 0.2) is 0 Å². The monoisotopic (exact) mass is 509 g/mol. The van der Waals surface area contributed by atoms with Gasteiger partial charge < -0.3 is 29.5 Å². The van der Waals surface area contributed by atoms with Gasteiger partial charge in [0.2, 0.25) is 0 Å². The summed E-state index contributed by atoms with van der Waals surface area (Å²) in [5.74, 6) is 0.773. The maximum absolute atomic E-state index is 13.1.